The zero-order valence-corrected chi connectivity index (χ0v) is 13.9. The van der Waals surface area contributed by atoms with E-state index in [2.05, 4.69) is 52.0 Å². The molecule has 118 valence electrons. The van der Waals surface area contributed by atoms with Crippen LogP contribution in [0.2, 0.25) is 0 Å². The van der Waals surface area contributed by atoms with Crippen molar-refractivity contribution < 1.29 is 4.79 Å². The predicted octanol–water partition coefficient (Wildman–Crippen LogP) is 2.13. The molecule has 0 aliphatic heterocycles. The molecule has 1 atom stereocenters. The van der Waals surface area contributed by atoms with Gasteiger partial charge in [-0.1, -0.05) is 43.0 Å². The number of amides is 1. The maximum atomic E-state index is 12.0. The third kappa shape index (κ3) is 4.56. The van der Waals surface area contributed by atoms with Crippen molar-refractivity contribution >= 4 is 17.7 Å². The Kier molecular flexibility index (Phi) is 5.94. The smallest absolute Gasteiger partial charge is 0.221 e. The molecule has 2 rings (SSSR count). The molecule has 0 radical (unpaired) electrons. The first-order valence-corrected chi connectivity index (χ1v) is 8.32. The minimum absolute atomic E-state index is 0.0138. The standard InChI is InChI=1S/C15H21N5OS/c1-4-12-5-7-13(8-6-12)11(2)16-14(21)9-10-22-15-17-18-19-20(15)3/h5-8,11H,4,9-10H2,1-3H3,(H,16,21). The van der Waals surface area contributed by atoms with Crippen molar-refractivity contribution in [1.29, 1.82) is 0 Å². The van der Waals surface area contributed by atoms with E-state index in [1.54, 1.807) is 11.7 Å². The van der Waals surface area contributed by atoms with Gasteiger partial charge in [-0.15, -0.1) is 5.10 Å². The summed E-state index contributed by atoms with van der Waals surface area (Å²) in [5.74, 6) is 0.691. The number of nitrogens with zero attached hydrogens (tertiary/aromatic N) is 4. The van der Waals surface area contributed by atoms with Crippen molar-refractivity contribution in [2.45, 2.75) is 37.9 Å². The van der Waals surface area contributed by atoms with E-state index in [-0.39, 0.29) is 11.9 Å². The van der Waals surface area contributed by atoms with Gasteiger partial charge in [-0.05, 0) is 34.9 Å². The summed E-state index contributed by atoms with van der Waals surface area (Å²) in [6.45, 7) is 4.13. The lowest BCUT2D eigenvalue weighted by Gasteiger charge is -2.14. The third-order valence-electron chi connectivity index (χ3n) is 3.41. The van der Waals surface area contributed by atoms with Crippen molar-refractivity contribution in [2.75, 3.05) is 5.75 Å². The number of thioether (sulfide) groups is 1. The lowest BCUT2D eigenvalue weighted by Crippen LogP contribution is -2.26. The van der Waals surface area contributed by atoms with E-state index in [1.807, 2.05) is 6.92 Å². The first-order chi connectivity index (χ1) is 10.6. The second-order valence-corrected chi connectivity index (χ2v) is 6.13. The molecular weight excluding hydrogens is 298 g/mol. The molecule has 1 heterocycles. The molecule has 1 unspecified atom stereocenters. The highest BCUT2D eigenvalue weighted by Crippen LogP contribution is 2.16. The molecule has 7 heteroatoms. The van der Waals surface area contributed by atoms with Gasteiger partial charge in [0.25, 0.3) is 0 Å². The Morgan fingerprint density at radius 3 is 2.68 bits per heavy atom. The Labute approximate surface area is 134 Å². The summed E-state index contributed by atoms with van der Waals surface area (Å²) in [6.07, 6.45) is 1.46. The monoisotopic (exact) mass is 319 g/mol. The fraction of sp³-hybridized carbons (Fsp3) is 0.467. The average molecular weight is 319 g/mol. The van der Waals surface area contributed by atoms with Gasteiger partial charge in [0, 0.05) is 19.2 Å². The number of tetrazole rings is 1. The summed E-state index contributed by atoms with van der Waals surface area (Å²) in [6, 6.07) is 8.37. The third-order valence-corrected chi connectivity index (χ3v) is 4.42. The van der Waals surface area contributed by atoms with Gasteiger partial charge in [0.15, 0.2) is 0 Å². The molecule has 0 fully saturated rings. The van der Waals surface area contributed by atoms with Crippen LogP contribution in [0.3, 0.4) is 0 Å². The number of aryl methyl sites for hydroxylation is 2. The highest BCUT2D eigenvalue weighted by Gasteiger charge is 2.10. The number of carbonyl (C=O) groups excluding carboxylic acids is 1. The molecule has 22 heavy (non-hydrogen) atoms. The molecular formula is C15H21N5OS. The van der Waals surface area contributed by atoms with Gasteiger partial charge in [0.1, 0.15) is 0 Å². The minimum Gasteiger partial charge on any atom is -0.350 e. The van der Waals surface area contributed by atoms with Gasteiger partial charge in [0.05, 0.1) is 6.04 Å². The minimum atomic E-state index is 0.0138. The van der Waals surface area contributed by atoms with E-state index >= 15 is 0 Å². The van der Waals surface area contributed by atoms with E-state index in [0.29, 0.717) is 12.2 Å². The van der Waals surface area contributed by atoms with Crippen molar-refractivity contribution in [1.82, 2.24) is 25.5 Å². The molecule has 2 aromatic rings. The van der Waals surface area contributed by atoms with E-state index in [0.717, 1.165) is 17.1 Å². The molecule has 0 bridgehead atoms. The number of benzene rings is 1. The number of aromatic nitrogens is 4. The molecule has 0 aliphatic carbocycles. The Morgan fingerprint density at radius 2 is 2.09 bits per heavy atom. The van der Waals surface area contributed by atoms with E-state index in [1.165, 1.54) is 17.3 Å². The van der Waals surface area contributed by atoms with Crippen molar-refractivity contribution in [3.63, 3.8) is 0 Å². The maximum Gasteiger partial charge on any atom is 0.221 e. The summed E-state index contributed by atoms with van der Waals surface area (Å²) in [7, 11) is 1.78. The number of hydrogen-bond acceptors (Lipinski definition) is 5. The zero-order chi connectivity index (χ0) is 15.9. The van der Waals surface area contributed by atoms with Crippen LogP contribution in [-0.4, -0.2) is 31.9 Å². The molecule has 1 aromatic carbocycles. The summed E-state index contributed by atoms with van der Waals surface area (Å²) in [5.41, 5.74) is 2.42. The van der Waals surface area contributed by atoms with Crippen LogP contribution in [0.15, 0.2) is 29.4 Å². The fourth-order valence-electron chi connectivity index (χ4n) is 2.02. The molecule has 0 saturated heterocycles. The highest BCUT2D eigenvalue weighted by atomic mass is 32.2. The molecule has 0 spiro atoms. The van der Waals surface area contributed by atoms with Crippen molar-refractivity contribution in [3.8, 4) is 0 Å². The first kappa shape index (κ1) is 16.5. The Bertz CT molecular complexity index is 611. The molecule has 1 aromatic heterocycles. The Hall–Kier alpha value is -1.89. The van der Waals surface area contributed by atoms with Gasteiger partial charge in [-0.25, -0.2) is 4.68 Å². The molecule has 0 aliphatic rings. The van der Waals surface area contributed by atoms with E-state index < -0.39 is 0 Å². The molecule has 1 N–H and O–H groups in total. The SMILES string of the molecule is CCc1ccc(C(C)NC(=O)CCSc2nnnn2C)cc1. The van der Waals surface area contributed by atoms with Crippen LogP contribution in [0.1, 0.15) is 37.4 Å². The van der Waals surface area contributed by atoms with Crippen LogP contribution in [0.25, 0.3) is 0 Å². The summed E-state index contributed by atoms with van der Waals surface area (Å²) in [4.78, 5) is 12.0. The average Bonchev–Trinajstić information content (AvgIpc) is 2.92. The Balaban J connectivity index is 1.77. The second kappa shape index (κ2) is 7.93. The molecule has 6 nitrogen and oxygen atoms in total. The number of rotatable bonds is 7. The van der Waals surface area contributed by atoms with E-state index in [4.69, 9.17) is 0 Å². The number of nitrogens with one attached hydrogen (secondary N) is 1. The van der Waals surface area contributed by atoms with Crippen LogP contribution in [-0.2, 0) is 18.3 Å². The predicted molar refractivity (Wildman–Crippen MR) is 86.5 cm³/mol. The maximum absolute atomic E-state index is 12.0. The number of carbonyl (C=O) groups is 1. The van der Waals surface area contributed by atoms with Crippen LogP contribution in [0, 0.1) is 0 Å². The first-order valence-electron chi connectivity index (χ1n) is 7.33. The fourth-order valence-corrected chi connectivity index (χ4v) is 2.81. The van der Waals surface area contributed by atoms with Crippen molar-refractivity contribution in [3.05, 3.63) is 35.4 Å². The van der Waals surface area contributed by atoms with Crippen LogP contribution in [0.4, 0.5) is 0 Å². The second-order valence-electron chi connectivity index (χ2n) is 5.07. The number of hydrogen-bond donors (Lipinski definition) is 1. The summed E-state index contributed by atoms with van der Waals surface area (Å²) >= 11 is 1.48. The topological polar surface area (TPSA) is 72.7 Å². The zero-order valence-electron chi connectivity index (χ0n) is 13.1. The van der Waals surface area contributed by atoms with Crippen molar-refractivity contribution in [2.24, 2.45) is 7.05 Å². The van der Waals surface area contributed by atoms with Gasteiger partial charge >= 0.3 is 0 Å². The van der Waals surface area contributed by atoms with Gasteiger partial charge < -0.3 is 5.32 Å². The summed E-state index contributed by atoms with van der Waals surface area (Å²) in [5, 5.41) is 14.9. The Morgan fingerprint density at radius 1 is 1.36 bits per heavy atom. The van der Waals surface area contributed by atoms with Gasteiger partial charge in [0.2, 0.25) is 11.1 Å². The highest BCUT2D eigenvalue weighted by molar-refractivity contribution is 7.99. The van der Waals surface area contributed by atoms with Crippen LogP contribution >= 0.6 is 11.8 Å². The molecule has 0 saturated carbocycles. The normalized spacial score (nSPS) is 12.1. The van der Waals surface area contributed by atoms with Gasteiger partial charge in [-0.3, -0.25) is 4.79 Å². The van der Waals surface area contributed by atoms with Gasteiger partial charge in [-0.2, -0.15) is 0 Å². The van der Waals surface area contributed by atoms with Crippen LogP contribution < -0.4 is 5.32 Å². The quantitative estimate of drug-likeness (QED) is 0.792. The lowest BCUT2D eigenvalue weighted by molar-refractivity contribution is -0.121. The molecule has 1 amide bonds. The van der Waals surface area contributed by atoms with Crippen LogP contribution in [0.5, 0.6) is 0 Å². The largest absolute Gasteiger partial charge is 0.350 e. The van der Waals surface area contributed by atoms with E-state index in [9.17, 15) is 4.79 Å². The lowest BCUT2D eigenvalue weighted by atomic mass is 10.0. The summed E-state index contributed by atoms with van der Waals surface area (Å²) < 4.78 is 1.60.